The zero-order valence-corrected chi connectivity index (χ0v) is 16.6. The van der Waals surface area contributed by atoms with Gasteiger partial charge in [0.2, 0.25) is 5.91 Å². The molecule has 0 atom stereocenters. The number of hydrogen-bond acceptors (Lipinski definition) is 2. The normalized spacial score (nSPS) is 10.7. The van der Waals surface area contributed by atoms with Crippen molar-refractivity contribution in [1.82, 2.24) is 10.6 Å². The summed E-state index contributed by atoms with van der Waals surface area (Å²) < 4.78 is 0. The van der Waals surface area contributed by atoms with E-state index in [0.717, 1.165) is 36.7 Å². The molecular formula is C17H29IN4O. The van der Waals surface area contributed by atoms with Crippen molar-refractivity contribution < 1.29 is 4.79 Å². The van der Waals surface area contributed by atoms with Gasteiger partial charge in [0.05, 0.1) is 6.54 Å². The van der Waals surface area contributed by atoms with Crippen molar-refractivity contribution in [1.29, 1.82) is 0 Å². The van der Waals surface area contributed by atoms with Gasteiger partial charge in [0.1, 0.15) is 0 Å². The van der Waals surface area contributed by atoms with Gasteiger partial charge in [-0.15, -0.1) is 24.0 Å². The molecule has 0 aliphatic heterocycles. The summed E-state index contributed by atoms with van der Waals surface area (Å²) in [6.07, 6.45) is 3.59. The maximum absolute atomic E-state index is 11.1. The SMILES string of the molecule is CCCCCNC(=NCc1cccc(NC(C)=O)c1)NCC.I. The molecule has 1 aromatic carbocycles. The van der Waals surface area contributed by atoms with Gasteiger partial charge < -0.3 is 16.0 Å². The number of hydrogen-bond donors (Lipinski definition) is 3. The molecule has 0 heterocycles. The molecule has 0 saturated carbocycles. The van der Waals surface area contributed by atoms with Crippen molar-refractivity contribution in [2.75, 3.05) is 18.4 Å². The van der Waals surface area contributed by atoms with E-state index in [2.05, 4.69) is 34.8 Å². The Kier molecular flexibility index (Phi) is 12.4. The molecule has 0 aromatic heterocycles. The summed E-state index contributed by atoms with van der Waals surface area (Å²) in [5.41, 5.74) is 1.87. The lowest BCUT2D eigenvalue weighted by molar-refractivity contribution is -0.114. The van der Waals surface area contributed by atoms with Crippen LogP contribution in [0, 0.1) is 0 Å². The Morgan fingerprint density at radius 1 is 1.17 bits per heavy atom. The van der Waals surface area contributed by atoms with Gasteiger partial charge >= 0.3 is 0 Å². The van der Waals surface area contributed by atoms with Gasteiger partial charge in [0.25, 0.3) is 0 Å². The number of aliphatic imine (C=N–C) groups is 1. The Labute approximate surface area is 156 Å². The zero-order chi connectivity index (χ0) is 16.2. The fraction of sp³-hybridized carbons (Fsp3) is 0.529. The molecule has 0 aliphatic rings. The second kappa shape index (κ2) is 13.2. The van der Waals surface area contributed by atoms with Gasteiger partial charge in [-0.25, -0.2) is 4.99 Å². The Hall–Kier alpha value is -1.31. The lowest BCUT2D eigenvalue weighted by Gasteiger charge is -2.11. The third-order valence-corrected chi connectivity index (χ3v) is 3.08. The third-order valence-electron chi connectivity index (χ3n) is 3.08. The molecule has 1 rings (SSSR count). The predicted octanol–water partition coefficient (Wildman–Crippen LogP) is 3.51. The highest BCUT2D eigenvalue weighted by Crippen LogP contribution is 2.11. The highest BCUT2D eigenvalue weighted by molar-refractivity contribution is 14.0. The fourth-order valence-corrected chi connectivity index (χ4v) is 2.04. The minimum Gasteiger partial charge on any atom is -0.357 e. The van der Waals surface area contributed by atoms with Gasteiger partial charge in [-0.1, -0.05) is 31.9 Å². The van der Waals surface area contributed by atoms with Crippen LogP contribution >= 0.6 is 24.0 Å². The van der Waals surface area contributed by atoms with E-state index in [1.807, 2.05) is 24.3 Å². The number of halogens is 1. The molecule has 130 valence electrons. The second-order valence-electron chi connectivity index (χ2n) is 5.21. The van der Waals surface area contributed by atoms with Crippen LogP contribution in [-0.4, -0.2) is 25.0 Å². The molecule has 3 N–H and O–H groups in total. The van der Waals surface area contributed by atoms with E-state index in [4.69, 9.17) is 0 Å². The summed E-state index contributed by atoms with van der Waals surface area (Å²) in [6.45, 7) is 8.12. The van der Waals surface area contributed by atoms with Crippen molar-refractivity contribution in [3.8, 4) is 0 Å². The second-order valence-corrected chi connectivity index (χ2v) is 5.21. The van der Waals surface area contributed by atoms with Crippen LogP contribution < -0.4 is 16.0 Å². The number of guanidine groups is 1. The minimum absolute atomic E-state index is 0. The number of unbranched alkanes of at least 4 members (excludes halogenated alkanes) is 2. The van der Waals surface area contributed by atoms with Crippen molar-refractivity contribution in [3.63, 3.8) is 0 Å². The van der Waals surface area contributed by atoms with Crippen molar-refractivity contribution in [2.24, 2.45) is 4.99 Å². The molecule has 0 unspecified atom stereocenters. The average Bonchev–Trinajstić information content (AvgIpc) is 2.49. The number of carbonyl (C=O) groups excluding carboxylic acids is 1. The number of rotatable bonds is 8. The van der Waals surface area contributed by atoms with E-state index in [9.17, 15) is 4.79 Å². The van der Waals surface area contributed by atoms with Gasteiger partial charge in [0.15, 0.2) is 5.96 Å². The maximum atomic E-state index is 11.1. The molecule has 1 amide bonds. The standard InChI is InChI=1S/C17H28N4O.HI/c1-4-6-7-11-19-17(18-5-2)20-13-15-9-8-10-16(12-15)21-14(3)22;/h8-10,12H,4-7,11,13H2,1-3H3,(H,21,22)(H2,18,19,20);1H. The zero-order valence-electron chi connectivity index (χ0n) is 14.3. The summed E-state index contributed by atoms with van der Waals surface area (Å²) in [5, 5.41) is 9.38. The van der Waals surface area contributed by atoms with Crippen LogP contribution in [0.1, 0.15) is 45.6 Å². The van der Waals surface area contributed by atoms with E-state index >= 15 is 0 Å². The van der Waals surface area contributed by atoms with Crippen molar-refractivity contribution >= 4 is 41.5 Å². The molecule has 5 nitrogen and oxygen atoms in total. The number of anilines is 1. The molecule has 0 saturated heterocycles. The lowest BCUT2D eigenvalue weighted by atomic mass is 10.2. The molecule has 0 bridgehead atoms. The number of amides is 1. The first-order valence-corrected chi connectivity index (χ1v) is 8.04. The van der Waals surface area contributed by atoms with Gasteiger partial charge in [-0.3, -0.25) is 4.79 Å². The largest absolute Gasteiger partial charge is 0.357 e. The Balaban J connectivity index is 0.00000484. The highest BCUT2D eigenvalue weighted by atomic mass is 127. The summed E-state index contributed by atoms with van der Waals surface area (Å²) in [6, 6.07) is 7.77. The minimum atomic E-state index is -0.0634. The quantitative estimate of drug-likeness (QED) is 0.255. The molecular weight excluding hydrogens is 403 g/mol. The average molecular weight is 432 g/mol. The molecule has 0 radical (unpaired) electrons. The lowest BCUT2D eigenvalue weighted by Crippen LogP contribution is -2.37. The predicted molar refractivity (Wildman–Crippen MR) is 109 cm³/mol. The van der Waals surface area contributed by atoms with E-state index in [1.165, 1.54) is 19.8 Å². The summed E-state index contributed by atoms with van der Waals surface area (Å²) in [4.78, 5) is 15.7. The molecule has 0 spiro atoms. The number of carbonyl (C=O) groups is 1. The van der Waals surface area contributed by atoms with Crippen LogP contribution in [0.4, 0.5) is 5.69 Å². The molecule has 0 fully saturated rings. The van der Waals surface area contributed by atoms with E-state index in [0.29, 0.717) is 6.54 Å². The fourth-order valence-electron chi connectivity index (χ4n) is 2.04. The van der Waals surface area contributed by atoms with E-state index in [-0.39, 0.29) is 29.9 Å². The smallest absolute Gasteiger partial charge is 0.221 e. The molecule has 1 aromatic rings. The number of nitrogens with zero attached hydrogens (tertiary/aromatic N) is 1. The van der Waals surface area contributed by atoms with Gasteiger partial charge in [0, 0.05) is 25.7 Å². The summed E-state index contributed by atoms with van der Waals surface area (Å²) in [7, 11) is 0. The molecule has 0 aliphatic carbocycles. The van der Waals surface area contributed by atoms with Crippen LogP contribution in [0.3, 0.4) is 0 Å². The Morgan fingerprint density at radius 3 is 2.61 bits per heavy atom. The topological polar surface area (TPSA) is 65.5 Å². The summed E-state index contributed by atoms with van der Waals surface area (Å²) in [5.74, 6) is 0.773. The Morgan fingerprint density at radius 2 is 1.96 bits per heavy atom. The highest BCUT2D eigenvalue weighted by Gasteiger charge is 1.99. The first-order chi connectivity index (χ1) is 10.7. The van der Waals surface area contributed by atoms with Crippen LogP contribution in [-0.2, 0) is 11.3 Å². The van der Waals surface area contributed by atoms with Crippen molar-refractivity contribution in [3.05, 3.63) is 29.8 Å². The molecule has 23 heavy (non-hydrogen) atoms. The monoisotopic (exact) mass is 432 g/mol. The van der Waals surface area contributed by atoms with Crippen LogP contribution in [0.2, 0.25) is 0 Å². The van der Waals surface area contributed by atoms with Crippen molar-refractivity contribution in [2.45, 2.75) is 46.6 Å². The van der Waals surface area contributed by atoms with Gasteiger partial charge in [-0.2, -0.15) is 0 Å². The van der Waals surface area contributed by atoms with E-state index in [1.54, 1.807) is 0 Å². The number of nitrogens with one attached hydrogen (secondary N) is 3. The maximum Gasteiger partial charge on any atom is 0.221 e. The summed E-state index contributed by atoms with van der Waals surface area (Å²) >= 11 is 0. The molecule has 6 heteroatoms. The van der Waals surface area contributed by atoms with Crippen LogP contribution in [0.25, 0.3) is 0 Å². The first kappa shape index (κ1) is 21.7. The number of benzene rings is 1. The van der Waals surface area contributed by atoms with E-state index < -0.39 is 0 Å². The van der Waals surface area contributed by atoms with Crippen LogP contribution in [0.5, 0.6) is 0 Å². The van der Waals surface area contributed by atoms with Gasteiger partial charge in [-0.05, 0) is 31.0 Å². The van der Waals surface area contributed by atoms with Crippen LogP contribution in [0.15, 0.2) is 29.3 Å². The Bertz CT molecular complexity index is 491. The third kappa shape index (κ3) is 10.1. The first-order valence-electron chi connectivity index (χ1n) is 8.04.